The van der Waals surface area contributed by atoms with E-state index in [0.29, 0.717) is 11.5 Å². The standard InChI is InChI=1S/C23H25NO5/c25-22(24(17-9-3-1-4-10-17)18-11-5-2-6-12-18)16-28-23(26)21-15-27-19-13-7-8-14-20(19)29-21/h1,3-4,7-10,13-14,18,21H,2,5-6,11-12,15-16H2/t21-/m0/s1. The molecular formula is C23H25NO5. The van der Waals surface area contributed by atoms with Crippen LogP contribution in [-0.2, 0) is 14.3 Å². The first-order valence-electron chi connectivity index (χ1n) is 10.1. The lowest BCUT2D eigenvalue weighted by Crippen LogP contribution is -2.45. The van der Waals surface area contributed by atoms with Gasteiger partial charge >= 0.3 is 5.97 Å². The molecule has 0 radical (unpaired) electrons. The number of benzene rings is 2. The van der Waals surface area contributed by atoms with Gasteiger partial charge in [0, 0.05) is 11.7 Å². The number of carbonyl (C=O) groups excluding carboxylic acids is 2. The van der Waals surface area contributed by atoms with Crippen LogP contribution in [0.15, 0.2) is 54.6 Å². The van der Waals surface area contributed by atoms with Crippen LogP contribution in [0, 0.1) is 0 Å². The van der Waals surface area contributed by atoms with Crippen molar-refractivity contribution in [3.8, 4) is 11.5 Å². The van der Waals surface area contributed by atoms with Crippen molar-refractivity contribution >= 4 is 17.6 Å². The summed E-state index contributed by atoms with van der Waals surface area (Å²) >= 11 is 0. The minimum absolute atomic E-state index is 0.0645. The van der Waals surface area contributed by atoms with Crippen molar-refractivity contribution in [3.05, 3.63) is 54.6 Å². The van der Waals surface area contributed by atoms with Crippen LogP contribution in [0.2, 0.25) is 0 Å². The van der Waals surface area contributed by atoms with E-state index in [0.717, 1.165) is 31.4 Å². The molecule has 1 aliphatic carbocycles. The van der Waals surface area contributed by atoms with E-state index < -0.39 is 12.1 Å². The Balaban J connectivity index is 1.39. The molecule has 6 nitrogen and oxygen atoms in total. The lowest BCUT2D eigenvalue weighted by Gasteiger charge is -2.34. The van der Waals surface area contributed by atoms with E-state index in [1.807, 2.05) is 36.4 Å². The number of fused-ring (bicyclic) bond motifs is 1. The third kappa shape index (κ3) is 4.53. The van der Waals surface area contributed by atoms with Crippen LogP contribution >= 0.6 is 0 Å². The third-order valence-corrected chi connectivity index (χ3v) is 5.35. The summed E-state index contributed by atoms with van der Waals surface area (Å²) in [5.41, 5.74) is 0.839. The highest BCUT2D eigenvalue weighted by molar-refractivity contribution is 5.96. The fraction of sp³-hybridized carbons (Fsp3) is 0.391. The highest BCUT2D eigenvalue weighted by Crippen LogP contribution is 2.31. The molecule has 6 heteroatoms. The van der Waals surface area contributed by atoms with E-state index >= 15 is 0 Å². The van der Waals surface area contributed by atoms with E-state index in [-0.39, 0.29) is 25.2 Å². The number of hydrogen-bond acceptors (Lipinski definition) is 5. The highest BCUT2D eigenvalue weighted by Gasteiger charge is 2.31. The molecule has 152 valence electrons. The normalized spacial score (nSPS) is 18.7. The molecule has 1 amide bonds. The van der Waals surface area contributed by atoms with Gasteiger partial charge in [-0.25, -0.2) is 4.79 Å². The van der Waals surface area contributed by atoms with Crippen molar-refractivity contribution in [2.45, 2.75) is 44.2 Å². The summed E-state index contributed by atoms with van der Waals surface area (Å²) < 4.78 is 16.5. The first kappa shape index (κ1) is 19.3. The van der Waals surface area contributed by atoms with Crippen LogP contribution in [0.1, 0.15) is 32.1 Å². The first-order valence-corrected chi connectivity index (χ1v) is 10.1. The summed E-state index contributed by atoms with van der Waals surface area (Å²) in [5, 5.41) is 0. The highest BCUT2D eigenvalue weighted by atomic mass is 16.6. The monoisotopic (exact) mass is 395 g/mol. The maximum atomic E-state index is 13.0. The molecule has 1 aliphatic heterocycles. The average molecular weight is 395 g/mol. The largest absolute Gasteiger partial charge is 0.485 e. The van der Waals surface area contributed by atoms with Gasteiger partial charge in [0.05, 0.1) is 0 Å². The SMILES string of the molecule is O=C(OCC(=O)N(c1ccccc1)C1CCCCC1)[C@@H]1COc2ccccc2O1. The van der Waals surface area contributed by atoms with Gasteiger partial charge in [-0.3, -0.25) is 4.79 Å². The number of anilines is 1. The van der Waals surface area contributed by atoms with Crippen LogP contribution in [0.5, 0.6) is 11.5 Å². The number of rotatable bonds is 5. The Bertz CT molecular complexity index is 847. The van der Waals surface area contributed by atoms with Crippen LogP contribution in [-0.4, -0.2) is 37.2 Å². The molecule has 2 aromatic rings. The number of para-hydroxylation sites is 3. The Hall–Kier alpha value is -3.02. The van der Waals surface area contributed by atoms with E-state index in [2.05, 4.69) is 0 Å². The zero-order valence-corrected chi connectivity index (χ0v) is 16.3. The Morgan fingerprint density at radius 1 is 0.931 bits per heavy atom. The van der Waals surface area contributed by atoms with Gasteiger partial charge < -0.3 is 19.1 Å². The molecule has 2 aliphatic rings. The first-order chi connectivity index (χ1) is 14.2. The number of hydrogen-bond donors (Lipinski definition) is 0. The van der Waals surface area contributed by atoms with Gasteiger partial charge in [-0.2, -0.15) is 0 Å². The molecule has 1 fully saturated rings. The number of amides is 1. The van der Waals surface area contributed by atoms with Crippen LogP contribution in [0.4, 0.5) is 5.69 Å². The minimum atomic E-state index is -0.877. The second-order valence-corrected chi connectivity index (χ2v) is 7.36. The van der Waals surface area contributed by atoms with Gasteiger partial charge in [-0.1, -0.05) is 49.6 Å². The summed E-state index contributed by atoms with van der Waals surface area (Å²) in [5.74, 6) is 0.290. The van der Waals surface area contributed by atoms with Gasteiger partial charge in [-0.05, 0) is 37.1 Å². The van der Waals surface area contributed by atoms with Gasteiger partial charge in [0.1, 0.15) is 6.61 Å². The maximum Gasteiger partial charge on any atom is 0.351 e. The number of carbonyl (C=O) groups is 2. The number of nitrogens with zero attached hydrogens (tertiary/aromatic N) is 1. The molecule has 2 aromatic carbocycles. The molecule has 0 N–H and O–H groups in total. The van der Waals surface area contributed by atoms with Crippen LogP contribution < -0.4 is 14.4 Å². The van der Waals surface area contributed by atoms with E-state index in [1.165, 1.54) is 6.42 Å². The molecule has 0 bridgehead atoms. The molecule has 0 saturated heterocycles. The van der Waals surface area contributed by atoms with E-state index in [1.54, 1.807) is 23.1 Å². The van der Waals surface area contributed by atoms with Gasteiger partial charge in [-0.15, -0.1) is 0 Å². The lowest BCUT2D eigenvalue weighted by atomic mass is 9.93. The minimum Gasteiger partial charge on any atom is -0.485 e. The van der Waals surface area contributed by atoms with Crippen molar-refractivity contribution in [2.75, 3.05) is 18.1 Å². The second kappa shape index (κ2) is 8.99. The Labute approximate surface area is 170 Å². The molecular weight excluding hydrogens is 370 g/mol. The van der Waals surface area contributed by atoms with Gasteiger partial charge in [0.15, 0.2) is 18.1 Å². The second-order valence-electron chi connectivity index (χ2n) is 7.36. The van der Waals surface area contributed by atoms with Crippen LogP contribution in [0.3, 0.4) is 0 Å². The van der Waals surface area contributed by atoms with Gasteiger partial charge in [0.2, 0.25) is 6.10 Å². The third-order valence-electron chi connectivity index (χ3n) is 5.35. The maximum absolute atomic E-state index is 13.0. The smallest absolute Gasteiger partial charge is 0.351 e. The summed E-state index contributed by atoms with van der Waals surface area (Å²) in [6.45, 7) is -0.249. The molecule has 0 unspecified atom stereocenters. The summed E-state index contributed by atoms with van der Waals surface area (Å²) in [6.07, 6.45) is 4.46. The summed E-state index contributed by atoms with van der Waals surface area (Å²) in [7, 11) is 0. The van der Waals surface area contributed by atoms with Crippen molar-refractivity contribution in [1.82, 2.24) is 0 Å². The molecule has 29 heavy (non-hydrogen) atoms. The Morgan fingerprint density at radius 3 is 2.38 bits per heavy atom. The van der Waals surface area contributed by atoms with E-state index in [9.17, 15) is 9.59 Å². The molecule has 1 heterocycles. The fourth-order valence-electron chi connectivity index (χ4n) is 3.92. The van der Waals surface area contributed by atoms with Crippen molar-refractivity contribution in [2.24, 2.45) is 0 Å². The van der Waals surface area contributed by atoms with Crippen molar-refractivity contribution < 1.29 is 23.8 Å². The Kier molecular flexibility index (Phi) is 5.98. The predicted molar refractivity (Wildman–Crippen MR) is 108 cm³/mol. The molecule has 0 spiro atoms. The topological polar surface area (TPSA) is 65.1 Å². The zero-order chi connectivity index (χ0) is 20.1. The Morgan fingerprint density at radius 2 is 1.62 bits per heavy atom. The quantitative estimate of drug-likeness (QED) is 0.722. The fourth-order valence-corrected chi connectivity index (χ4v) is 3.92. The number of esters is 1. The lowest BCUT2D eigenvalue weighted by molar-refractivity contribution is -0.157. The summed E-state index contributed by atoms with van der Waals surface area (Å²) in [4.78, 5) is 27.2. The van der Waals surface area contributed by atoms with Crippen LogP contribution in [0.25, 0.3) is 0 Å². The number of ether oxygens (including phenoxy) is 3. The van der Waals surface area contributed by atoms with Gasteiger partial charge in [0.25, 0.3) is 5.91 Å². The molecule has 4 rings (SSSR count). The zero-order valence-electron chi connectivity index (χ0n) is 16.3. The predicted octanol–water partition coefficient (Wildman–Crippen LogP) is 3.74. The molecule has 1 saturated carbocycles. The van der Waals surface area contributed by atoms with E-state index in [4.69, 9.17) is 14.2 Å². The van der Waals surface area contributed by atoms with Crippen molar-refractivity contribution in [1.29, 1.82) is 0 Å². The average Bonchev–Trinajstić information content (AvgIpc) is 2.79. The molecule has 1 atom stereocenters. The summed E-state index contributed by atoms with van der Waals surface area (Å²) in [6, 6.07) is 16.9. The van der Waals surface area contributed by atoms with Crippen molar-refractivity contribution in [3.63, 3.8) is 0 Å². The molecule has 0 aromatic heterocycles.